The summed E-state index contributed by atoms with van der Waals surface area (Å²) in [5.41, 5.74) is 1.82. The predicted octanol–water partition coefficient (Wildman–Crippen LogP) is 4.60. The minimum absolute atomic E-state index is 0.105. The number of benzene rings is 1. The molecule has 1 unspecified atom stereocenters. The van der Waals surface area contributed by atoms with Gasteiger partial charge in [0.15, 0.2) is 0 Å². The first kappa shape index (κ1) is 16.3. The van der Waals surface area contributed by atoms with Crippen molar-refractivity contribution < 1.29 is 4.74 Å². The van der Waals surface area contributed by atoms with Gasteiger partial charge >= 0.3 is 0 Å². The summed E-state index contributed by atoms with van der Waals surface area (Å²) in [6, 6.07) is 9.58. The van der Waals surface area contributed by atoms with Crippen molar-refractivity contribution in [2.75, 3.05) is 13.7 Å². The first-order valence-corrected chi connectivity index (χ1v) is 8.02. The second-order valence-corrected chi connectivity index (χ2v) is 5.85. The van der Waals surface area contributed by atoms with Crippen LogP contribution in [0.5, 0.6) is 5.75 Å². The number of nitrogens with zero attached hydrogens (tertiary/aromatic N) is 1. The van der Waals surface area contributed by atoms with Crippen molar-refractivity contribution >= 4 is 27.5 Å². The average molecular weight is 370 g/mol. The minimum atomic E-state index is -0.105. The zero-order chi connectivity index (χ0) is 15.2. The molecule has 1 heterocycles. The Bertz CT molecular complexity index is 607. The summed E-state index contributed by atoms with van der Waals surface area (Å²) in [6.07, 6.45) is 2.79. The monoisotopic (exact) mass is 368 g/mol. The van der Waals surface area contributed by atoms with Gasteiger partial charge in [-0.3, -0.25) is 4.98 Å². The SMILES string of the molecule is CCCNC(c1cccc(Br)c1Cl)c1ncccc1OC. The number of hydrogen-bond acceptors (Lipinski definition) is 3. The zero-order valence-electron chi connectivity index (χ0n) is 12.1. The van der Waals surface area contributed by atoms with Crippen LogP contribution in [0.4, 0.5) is 0 Å². The number of pyridine rings is 1. The molecule has 0 radical (unpaired) electrons. The van der Waals surface area contributed by atoms with Crippen LogP contribution in [0.15, 0.2) is 41.0 Å². The molecule has 0 aliphatic rings. The lowest BCUT2D eigenvalue weighted by Crippen LogP contribution is -2.25. The Hall–Kier alpha value is -1.10. The molecule has 1 atom stereocenters. The van der Waals surface area contributed by atoms with Gasteiger partial charge in [-0.15, -0.1) is 0 Å². The fraction of sp³-hybridized carbons (Fsp3) is 0.312. The Morgan fingerprint density at radius 1 is 1.33 bits per heavy atom. The summed E-state index contributed by atoms with van der Waals surface area (Å²) in [7, 11) is 1.65. The molecule has 0 aliphatic heterocycles. The number of aromatic nitrogens is 1. The quantitative estimate of drug-likeness (QED) is 0.808. The second kappa shape index (κ2) is 7.78. The van der Waals surface area contributed by atoms with E-state index < -0.39 is 0 Å². The Labute approximate surface area is 138 Å². The highest BCUT2D eigenvalue weighted by atomic mass is 79.9. The third-order valence-corrected chi connectivity index (χ3v) is 4.49. The molecule has 112 valence electrons. The number of rotatable bonds is 6. The van der Waals surface area contributed by atoms with Gasteiger partial charge in [0.2, 0.25) is 0 Å². The van der Waals surface area contributed by atoms with Gasteiger partial charge in [0, 0.05) is 10.7 Å². The number of nitrogens with one attached hydrogen (secondary N) is 1. The third kappa shape index (κ3) is 3.76. The fourth-order valence-corrected chi connectivity index (χ4v) is 2.79. The predicted molar refractivity (Wildman–Crippen MR) is 90.1 cm³/mol. The Balaban J connectivity index is 2.50. The summed E-state index contributed by atoms with van der Waals surface area (Å²) in [6.45, 7) is 3.00. The number of ether oxygens (including phenoxy) is 1. The van der Waals surface area contributed by atoms with Crippen LogP contribution in [-0.2, 0) is 0 Å². The van der Waals surface area contributed by atoms with E-state index in [0.717, 1.165) is 34.4 Å². The van der Waals surface area contributed by atoms with E-state index in [2.05, 4.69) is 33.2 Å². The van der Waals surface area contributed by atoms with Crippen LogP contribution in [0.2, 0.25) is 5.02 Å². The summed E-state index contributed by atoms with van der Waals surface area (Å²) in [5.74, 6) is 0.752. The summed E-state index contributed by atoms with van der Waals surface area (Å²) in [4.78, 5) is 4.49. The summed E-state index contributed by atoms with van der Waals surface area (Å²) >= 11 is 9.94. The van der Waals surface area contributed by atoms with Crippen molar-refractivity contribution in [1.82, 2.24) is 10.3 Å². The average Bonchev–Trinajstić information content (AvgIpc) is 2.52. The summed E-state index contributed by atoms with van der Waals surface area (Å²) < 4.78 is 6.32. The molecule has 5 heteroatoms. The number of halogens is 2. The lowest BCUT2D eigenvalue weighted by Gasteiger charge is -2.22. The van der Waals surface area contributed by atoms with Crippen LogP contribution in [0.1, 0.15) is 30.6 Å². The van der Waals surface area contributed by atoms with Gasteiger partial charge < -0.3 is 10.1 Å². The molecular weight excluding hydrogens is 352 g/mol. The summed E-state index contributed by atoms with van der Waals surface area (Å²) in [5, 5.41) is 4.19. The molecule has 2 aromatic rings. The Kier molecular flexibility index (Phi) is 6.03. The number of hydrogen-bond donors (Lipinski definition) is 1. The molecular formula is C16H18BrClN2O. The molecule has 0 saturated carbocycles. The standard InChI is InChI=1S/C16H18BrClN2O/c1-3-9-19-15(11-6-4-7-12(17)14(11)18)16-13(21-2)8-5-10-20-16/h4-8,10,15,19H,3,9H2,1-2H3. The second-order valence-electron chi connectivity index (χ2n) is 4.62. The Morgan fingerprint density at radius 3 is 2.86 bits per heavy atom. The maximum absolute atomic E-state index is 6.46. The largest absolute Gasteiger partial charge is 0.495 e. The molecule has 21 heavy (non-hydrogen) atoms. The molecule has 0 saturated heterocycles. The van der Waals surface area contributed by atoms with Crippen LogP contribution in [0.25, 0.3) is 0 Å². The van der Waals surface area contributed by atoms with Gasteiger partial charge in [-0.1, -0.05) is 30.7 Å². The van der Waals surface area contributed by atoms with Crippen LogP contribution in [-0.4, -0.2) is 18.6 Å². The maximum atomic E-state index is 6.46. The van der Waals surface area contributed by atoms with E-state index in [0.29, 0.717) is 5.02 Å². The van der Waals surface area contributed by atoms with E-state index in [1.54, 1.807) is 13.3 Å². The van der Waals surface area contributed by atoms with Crippen LogP contribution >= 0.6 is 27.5 Å². The molecule has 0 fully saturated rings. The first-order valence-electron chi connectivity index (χ1n) is 6.85. The van der Waals surface area contributed by atoms with Crippen LogP contribution in [0.3, 0.4) is 0 Å². The molecule has 0 bridgehead atoms. The fourth-order valence-electron chi connectivity index (χ4n) is 2.18. The van der Waals surface area contributed by atoms with Crippen LogP contribution < -0.4 is 10.1 Å². The van der Waals surface area contributed by atoms with Gasteiger partial charge in [0.1, 0.15) is 11.4 Å². The van der Waals surface area contributed by atoms with Gasteiger partial charge in [0.25, 0.3) is 0 Å². The third-order valence-electron chi connectivity index (χ3n) is 3.18. The maximum Gasteiger partial charge on any atom is 0.142 e. The van der Waals surface area contributed by atoms with E-state index in [9.17, 15) is 0 Å². The van der Waals surface area contributed by atoms with Crippen LogP contribution in [0, 0.1) is 0 Å². The molecule has 0 spiro atoms. The molecule has 0 aliphatic carbocycles. The van der Waals surface area contributed by atoms with Gasteiger partial charge in [-0.2, -0.15) is 0 Å². The van der Waals surface area contributed by atoms with E-state index in [-0.39, 0.29) is 6.04 Å². The van der Waals surface area contributed by atoms with Crippen molar-refractivity contribution in [2.24, 2.45) is 0 Å². The van der Waals surface area contributed by atoms with E-state index in [1.165, 1.54) is 0 Å². The first-order chi connectivity index (χ1) is 10.2. The lowest BCUT2D eigenvalue weighted by atomic mass is 10.0. The van der Waals surface area contributed by atoms with Crippen molar-refractivity contribution in [3.8, 4) is 5.75 Å². The van der Waals surface area contributed by atoms with Crippen molar-refractivity contribution in [3.05, 3.63) is 57.3 Å². The Morgan fingerprint density at radius 2 is 2.14 bits per heavy atom. The van der Waals surface area contributed by atoms with Gasteiger partial charge in [0.05, 0.1) is 18.2 Å². The highest BCUT2D eigenvalue weighted by Crippen LogP contribution is 2.35. The van der Waals surface area contributed by atoms with Gasteiger partial charge in [-0.05, 0) is 52.7 Å². The lowest BCUT2D eigenvalue weighted by molar-refractivity contribution is 0.400. The normalized spacial score (nSPS) is 12.2. The highest BCUT2D eigenvalue weighted by Gasteiger charge is 2.22. The van der Waals surface area contributed by atoms with E-state index in [1.807, 2.05) is 30.3 Å². The number of methoxy groups -OCH3 is 1. The molecule has 1 aromatic heterocycles. The molecule has 3 nitrogen and oxygen atoms in total. The molecule has 1 N–H and O–H groups in total. The zero-order valence-corrected chi connectivity index (χ0v) is 14.4. The topological polar surface area (TPSA) is 34.2 Å². The highest BCUT2D eigenvalue weighted by molar-refractivity contribution is 9.10. The molecule has 0 amide bonds. The van der Waals surface area contributed by atoms with Gasteiger partial charge in [-0.25, -0.2) is 0 Å². The van der Waals surface area contributed by atoms with Crippen molar-refractivity contribution in [3.63, 3.8) is 0 Å². The van der Waals surface area contributed by atoms with Crippen molar-refractivity contribution in [1.29, 1.82) is 0 Å². The van der Waals surface area contributed by atoms with E-state index >= 15 is 0 Å². The molecule has 1 aromatic carbocycles. The smallest absolute Gasteiger partial charge is 0.142 e. The molecule has 2 rings (SSSR count). The van der Waals surface area contributed by atoms with Crippen molar-refractivity contribution in [2.45, 2.75) is 19.4 Å². The minimum Gasteiger partial charge on any atom is -0.495 e. The van der Waals surface area contributed by atoms with E-state index in [4.69, 9.17) is 16.3 Å².